The normalized spacial score (nSPS) is 13.8. The minimum absolute atomic E-state index is 0.0484. The molecule has 0 saturated heterocycles. The molecular weight excluding hydrogens is 270 g/mol. The summed E-state index contributed by atoms with van der Waals surface area (Å²) >= 11 is 0. The largest absolute Gasteiger partial charge is 0.486 e. The molecule has 1 aliphatic heterocycles. The standard InChI is InChI=1S/C16H13NO4/c18-17(19)14(13-4-2-1-3-5-13)10-12-6-7-15-16(11-12)21-9-8-20-15/h1-7,10-11H,8-9H2/b14-10-. The second-order valence-electron chi connectivity index (χ2n) is 4.56. The molecule has 5 heteroatoms. The van der Waals surface area contributed by atoms with E-state index in [1.807, 2.05) is 6.07 Å². The first kappa shape index (κ1) is 13.2. The van der Waals surface area contributed by atoms with Crippen LogP contribution in [0.1, 0.15) is 11.1 Å². The lowest BCUT2D eigenvalue weighted by Gasteiger charge is -2.18. The highest BCUT2D eigenvalue weighted by molar-refractivity contribution is 5.77. The number of benzene rings is 2. The Balaban J connectivity index is 2.00. The first-order valence-electron chi connectivity index (χ1n) is 6.55. The molecule has 106 valence electrons. The Hall–Kier alpha value is -2.82. The summed E-state index contributed by atoms with van der Waals surface area (Å²) in [5.41, 5.74) is 1.32. The summed E-state index contributed by atoms with van der Waals surface area (Å²) in [7, 11) is 0. The molecular formula is C16H13NO4. The summed E-state index contributed by atoms with van der Waals surface area (Å²) in [6.45, 7) is 1.01. The molecule has 0 aromatic heterocycles. The van der Waals surface area contributed by atoms with Gasteiger partial charge >= 0.3 is 0 Å². The topological polar surface area (TPSA) is 61.6 Å². The zero-order valence-electron chi connectivity index (χ0n) is 11.2. The zero-order chi connectivity index (χ0) is 14.7. The third kappa shape index (κ3) is 2.86. The van der Waals surface area contributed by atoms with Crippen molar-refractivity contribution < 1.29 is 14.4 Å². The average molecular weight is 283 g/mol. The van der Waals surface area contributed by atoms with E-state index in [2.05, 4.69) is 0 Å². The van der Waals surface area contributed by atoms with Crippen molar-refractivity contribution in [2.45, 2.75) is 0 Å². The summed E-state index contributed by atoms with van der Waals surface area (Å²) in [5, 5.41) is 11.3. The van der Waals surface area contributed by atoms with E-state index >= 15 is 0 Å². The Morgan fingerprint density at radius 1 is 1.05 bits per heavy atom. The lowest BCUT2D eigenvalue weighted by molar-refractivity contribution is -0.374. The lowest BCUT2D eigenvalue weighted by atomic mass is 10.1. The molecule has 0 fully saturated rings. The van der Waals surface area contributed by atoms with Crippen LogP contribution in [-0.2, 0) is 0 Å². The van der Waals surface area contributed by atoms with Crippen LogP contribution in [0.15, 0.2) is 48.5 Å². The van der Waals surface area contributed by atoms with Crippen molar-refractivity contribution in [3.63, 3.8) is 0 Å². The Kier molecular flexibility index (Phi) is 3.55. The van der Waals surface area contributed by atoms with Gasteiger partial charge in [-0.25, -0.2) is 0 Å². The molecule has 2 aromatic carbocycles. The van der Waals surface area contributed by atoms with Crippen molar-refractivity contribution in [1.82, 2.24) is 0 Å². The molecule has 0 unspecified atom stereocenters. The quantitative estimate of drug-likeness (QED) is 0.493. The third-order valence-electron chi connectivity index (χ3n) is 3.14. The van der Waals surface area contributed by atoms with Gasteiger partial charge in [0, 0.05) is 6.08 Å². The van der Waals surface area contributed by atoms with Crippen molar-refractivity contribution >= 4 is 11.8 Å². The predicted octanol–water partition coefficient (Wildman–Crippen LogP) is 3.23. The first-order valence-corrected chi connectivity index (χ1v) is 6.55. The summed E-state index contributed by atoms with van der Waals surface area (Å²) < 4.78 is 10.9. The van der Waals surface area contributed by atoms with Crippen molar-refractivity contribution in [1.29, 1.82) is 0 Å². The first-order chi connectivity index (χ1) is 10.2. The molecule has 0 spiro atoms. The van der Waals surface area contributed by atoms with Crippen LogP contribution in [0.5, 0.6) is 11.5 Å². The minimum atomic E-state index is -0.383. The van der Waals surface area contributed by atoms with Crippen LogP contribution in [0.25, 0.3) is 11.8 Å². The maximum Gasteiger partial charge on any atom is 0.277 e. The molecule has 0 N–H and O–H groups in total. The van der Waals surface area contributed by atoms with Gasteiger partial charge in [-0.1, -0.05) is 24.3 Å². The van der Waals surface area contributed by atoms with Gasteiger partial charge in [-0.15, -0.1) is 0 Å². The lowest BCUT2D eigenvalue weighted by Crippen LogP contribution is -2.15. The van der Waals surface area contributed by atoms with Crippen molar-refractivity contribution in [3.05, 3.63) is 69.8 Å². The monoisotopic (exact) mass is 283 g/mol. The van der Waals surface area contributed by atoms with E-state index in [-0.39, 0.29) is 10.6 Å². The van der Waals surface area contributed by atoms with Crippen LogP contribution in [0.2, 0.25) is 0 Å². The SMILES string of the molecule is O=[N+]([O-])/C(=C\c1ccc2c(c1)OCCO2)c1ccccc1. The molecule has 1 heterocycles. The summed E-state index contributed by atoms with van der Waals surface area (Å²) in [4.78, 5) is 10.9. The van der Waals surface area contributed by atoms with Gasteiger partial charge < -0.3 is 9.47 Å². The van der Waals surface area contributed by atoms with Gasteiger partial charge in [0.05, 0.1) is 10.5 Å². The number of hydrogen-bond acceptors (Lipinski definition) is 4. The third-order valence-corrected chi connectivity index (χ3v) is 3.14. The number of nitro groups is 1. The van der Waals surface area contributed by atoms with E-state index in [1.54, 1.807) is 42.5 Å². The van der Waals surface area contributed by atoms with Crippen LogP contribution >= 0.6 is 0 Å². The summed E-state index contributed by atoms with van der Waals surface area (Å²) in [5.74, 6) is 1.28. The smallest absolute Gasteiger partial charge is 0.277 e. The van der Waals surface area contributed by atoms with E-state index in [9.17, 15) is 10.1 Å². The molecule has 2 aromatic rings. The fourth-order valence-electron chi connectivity index (χ4n) is 2.16. The van der Waals surface area contributed by atoms with Crippen LogP contribution in [0.3, 0.4) is 0 Å². The van der Waals surface area contributed by atoms with Gasteiger partial charge in [-0.3, -0.25) is 10.1 Å². The fourth-order valence-corrected chi connectivity index (χ4v) is 2.16. The van der Waals surface area contributed by atoms with E-state index in [0.717, 1.165) is 0 Å². The van der Waals surface area contributed by atoms with Gasteiger partial charge in [0.25, 0.3) is 5.70 Å². The van der Waals surface area contributed by atoms with Crippen molar-refractivity contribution in [3.8, 4) is 11.5 Å². The highest BCUT2D eigenvalue weighted by atomic mass is 16.6. The van der Waals surface area contributed by atoms with E-state index in [4.69, 9.17) is 9.47 Å². The molecule has 0 amide bonds. The number of nitrogens with zero attached hydrogens (tertiary/aromatic N) is 1. The maximum atomic E-state index is 11.3. The molecule has 0 saturated carbocycles. The number of rotatable bonds is 3. The Bertz CT molecular complexity index is 695. The number of hydrogen-bond donors (Lipinski definition) is 0. The molecule has 1 aliphatic rings. The maximum absolute atomic E-state index is 11.3. The molecule has 0 atom stereocenters. The summed E-state index contributed by atoms with van der Waals surface area (Å²) in [6.07, 6.45) is 1.54. The van der Waals surface area contributed by atoms with Gasteiger partial charge in [0.2, 0.25) is 0 Å². The molecule has 21 heavy (non-hydrogen) atoms. The van der Waals surface area contributed by atoms with Crippen molar-refractivity contribution in [2.75, 3.05) is 13.2 Å². The minimum Gasteiger partial charge on any atom is -0.486 e. The number of ether oxygens (including phenoxy) is 2. The van der Waals surface area contributed by atoms with Crippen molar-refractivity contribution in [2.24, 2.45) is 0 Å². The van der Waals surface area contributed by atoms with Crippen LogP contribution in [-0.4, -0.2) is 18.1 Å². The predicted molar refractivity (Wildman–Crippen MR) is 78.7 cm³/mol. The number of fused-ring (bicyclic) bond motifs is 1. The molecule has 0 radical (unpaired) electrons. The Morgan fingerprint density at radius 2 is 1.76 bits per heavy atom. The van der Waals surface area contributed by atoms with Gasteiger partial charge in [-0.2, -0.15) is 0 Å². The van der Waals surface area contributed by atoms with Crippen LogP contribution in [0, 0.1) is 10.1 Å². The van der Waals surface area contributed by atoms with Crippen LogP contribution < -0.4 is 9.47 Å². The average Bonchev–Trinajstić information content (AvgIpc) is 2.53. The van der Waals surface area contributed by atoms with Crippen LogP contribution in [0.4, 0.5) is 0 Å². The molecule has 5 nitrogen and oxygen atoms in total. The van der Waals surface area contributed by atoms with E-state index in [0.29, 0.717) is 35.8 Å². The van der Waals surface area contributed by atoms with Gasteiger partial charge in [0.15, 0.2) is 11.5 Å². The Labute approximate surface area is 121 Å². The second kappa shape index (κ2) is 5.66. The Morgan fingerprint density at radius 3 is 2.48 bits per heavy atom. The summed E-state index contributed by atoms with van der Waals surface area (Å²) in [6, 6.07) is 14.1. The van der Waals surface area contributed by atoms with E-state index in [1.165, 1.54) is 6.08 Å². The van der Waals surface area contributed by atoms with E-state index < -0.39 is 0 Å². The fraction of sp³-hybridized carbons (Fsp3) is 0.125. The van der Waals surface area contributed by atoms with Gasteiger partial charge in [-0.05, 0) is 29.8 Å². The highest BCUT2D eigenvalue weighted by Gasteiger charge is 2.16. The zero-order valence-corrected chi connectivity index (χ0v) is 11.2. The van der Waals surface area contributed by atoms with Gasteiger partial charge in [0.1, 0.15) is 13.2 Å². The molecule has 0 aliphatic carbocycles. The highest BCUT2D eigenvalue weighted by Crippen LogP contribution is 2.32. The molecule has 3 rings (SSSR count). The molecule has 0 bridgehead atoms. The second-order valence-corrected chi connectivity index (χ2v) is 4.56.